The Morgan fingerprint density at radius 1 is 1.24 bits per heavy atom. The van der Waals surface area contributed by atoms with Gasteiger partial charge in [0, 0.05) is 18.0 Å². The summed E-state index contributed by atoms with van der Waals surface area (Å²) >= 11 is 6.30. The summed E-state index contributed by atoms with van der Waals surface area (Å²) < 4.78 is 0. The predicted molar refractivity (Wildman–Crippen MR) is 88.5 cm³/mol. The molecular formula is C18H26ClNO. The largest absolute Gasteiger partial charge is 0.336 e. The predicted octanol–water partition coefficient (Wildman–Crippen LogP) is 5.36. The summed E-state index contributed by atoms with van der Waals surface area (Å²) in [7, 11) is 0. The first-order chi connectivity index (χ1) is 10.2. The molecule has 2 rings (SSSR count). The van der Waals surface area contributed by atoms with Crippen LogP contribution in [0, 0.1) is 0 Å². The highest BCUT2D eigenvalue weighted by Crippen LogP contribution is 2.36. The van der Waals surface area contributed by atoms with E-state index in [9.17, 15) is 4.79 Å². The Hall–Kier alpha value is -1.02. The van der Waals surface area contributed by atoms with Gasteiger partial charge >= 0.3 is 0 Å². The summed E-state index contributed by atoms with van der Waals surface area (Å²) in [6.45, 7) is 3.09. The van der Waals surface area contributed by atoms with Crippen molar-refractivity contribution in [1.29, 1.82) is 0 Å². The van der Waals surface area contributed by atoms with Crippen molar-refractivity contribution in [3.8, 4) is 0 Å². The number of carbonyl (C=O) groups is 1. The topological polar surface area (TPSA) is 20.3 Å². The SMILES string of the molecule is CCCCCCCC(=O)N1CCCC1c1ccccc1Cl. The van der Waals surface area contributed by atoms with Gasteiger partial charge in [0.2, 0.25) is 5.91 Å². The normalized spacial score (nSPS) is 18.2. The molecule has 0 radical (unpaired) electrons. The molecule has 21 heavy (non-hydrogen) atoms. The average Bonchev–Trinajstić information content (AvgIpc) is 2.96. The molecule has 0 aliphatic carbocycles. The van der Waals surface area contributed by atoms with E-state index in [2.05, 4.69) is 13.0 Å². The van der Waals surface area contributed by atoms with Crippen LogP contribution in [0.15, 0.2) is 24.3 Å². The fraction of sp³-hybridized carbons (Fsp3) is 0.611. The Kier molecular flexibility index (Phi) is 6.56. The first-order valence-electron chi connectivity index (χ1n) is 8.28. The maximum absolute atomic E-state index is 12.5. The fourth-order valence-electron chi connectivity index (χ4n) is 3.16. The monoisotopic (exact) mass is 307 g/mol. The van der Waals surface area contributed by atoms with E-state index in [1.54, 1.807) is 0 Å². The molecule has 1 aromatic carbocycles. The minimum atomic E-state index is 0.182. The van der Waals surface area contributed by atoms with E-state index >= 15 is 0 Å². The van der Waals surface area contributed by atoms with Crippen LogP contribution >= 0.6 is 11.6 Å². The molecule has 0 aromatic heterocycles. The average molecular weight is 308 g/mol. The van der Waals surface area contributed by atoms with Gasteiger partial charge in [0.05, 0.1) is 6.04 Å². The maximum atomic E-state index is 12.5. The summed E-state index contributed by atoms with van der Waals surface area (Å²) in [5.74, 6) is 0.300. The van der Waals surface area contributed by atoms with Crippen LogP contribution in [0.3, 0.4) is 0 Å². The number of carbonyl (C=O) groups excluding carboxylic acids is 1. The molecule has 2 nitrogen and oxygen atoms in total. The van der Waals surface area contributed by atoms with E-state index in [0.29, 0.717) is 12.3 Å². The summed E-state index contributed by atoms with van der Waals surface area (Å²) in [4.78, 5) is 14.5. The minimum Gasteiger partial charge on any atom is -0.336 e. The van der Waals surface area contributed by atoms with Crippen molar-refractivity contribution in [2.45, 2.75) is 64.3 Å². The number of hydrogen-bond acceptors (Lipinski definition) is 1. The standard InChI is InChI=1S/C18H26ClNO/c1-2-3-4-5-6-13-18(21)20-14-9-12-17(20)15-10-7-8-11-16(15)19/h7-8,10-11,17H,2-6,9,12-14H2,1H3. The number of amides is 1. The van der Waals surface area contributed by atoms with Crippen molar-refractivity contribution in [2.24, 2.45) is 0 Å². The Bertz CT molecular complexity index is 460. The van der Waals surface area contributed by atoms with Crippen LogP contribution in [0.1, 0.15) is 69.9 Å². The Morgan fingerprint density at radius 2 is 2.00 bits per heavy atom. The molecule has 1 heterocycles. The number of hydrogen-bond donors (Lipinski definition) is 0. The first-order valence-corrected chi connectivity index (χ1v) is 8.65. The van der Waals surface area contributed by atoms with Gasteiger partial charge in [0.15, 0.2) is 0 Å². The Labute approximate surface area is 133 Å². The van der Waals surface area contributed by atoms with Gasteiger partial charge < -0.3 is 4.90 Å². The van der Waals surface area contributed by atoms with Crippen LogP contribution in [-0.2, 0) is 4.79 Å². The van der Waals surface area contributed by atoms with Crippen LogP contribution in [0.25, 0.3) is 0 Å². The lowest BCUT2D eigenvalue weighted by molar-refractivity contribution is -0.132. The quantitative estimate of drug-likeness (QED) is 0.621. The van der Waals surface area contributed by atoms with Crippen molar-refractivity contribution >= 4 is 17.5 Å². The molecule has 0 spiro atoms. The highest BCUT2D eigenvalue weighted by atomic mass is 35.5. The van der Waals surface area contributed by atoms with Crippen LogP contribution in [0.4, 0.5) is 0 Å². The lowest BCUT2D eigenvalue weighted by Gasteiger charge is -2.26. The summed E-state index contributed by atoms with van der Waals surface area (Å²) in [6.07, 6.45) is 8.76. The number of benzene rings is 1. The lowest BCUT2D eigenvalue weighted by atomic mass is 10.0. The highest BCUT2D eigenvalue weighted by Gasteiger charge is 2.30. The van der Waals surface area contributed by atoms with E-state index in [0.717, 1.165) is 36.4 Å². The van der Waals surface area contributed by atoms with Crippen LogP contribution in [-0.4, -0.2) is 17.4 Å². The molecule has 1 amide bonds. The van der Waals surface area contributed by atoms with Crippen molar-refractivity contribution in [3.05, 3.63) is 34.9 Å². The van der Waals surface area contributed by atoms with Crippen molar-refractivity contribution in [2.75, 3.05) is 6.54 Å². The maximum Gasteiger partial charge on any atom is 0.223 e. The molecule has 1 aliphatic heterocycles. The molecule has 1 aliphatic rings. The number of nitrogens with zero attached hydrogens (tertiary/aromatic N) is 1. The van der Waals surface area contributed by atoms with Gasteiger partial charge in [-0.3, -0.25) is 4.79 Å². The molecule has 0 bridgehead atoms. The van der Waals surface area contributed by atoms with E-state index in [4.69, 9.17) is 11.6 Å². The molecule has 1 fully saturated rings. The number of rotatable bonds is 7. The fourth-order valence-corrected chi connectivity index (χ4v) is 3.42. The Morgan fingerprint density at radius 3 is 2.76 bits per heavy atom. The number of halogens is 1. The van der Waals surface area contributed by atoms with Crippen LogP contribution < -0.4 is 0 Å². The molecule has 116 valence electrons. The molecule has 1 aromatic rings. The van der Waals surface area contributed by atoms with Crippen molar-refractivity contribution < 1.29 is 4.79 Å². The molecule has 0 N–H and O–H groups in total. The molecule has 1 atom stereocenters. The Balaban J connectivity index is 1.89. The zero-order chi connectivity index (χ0) is 15.1. The minimum absolute atomic E-state index is 0.182. The molecule has 1 saturated heterocycles. The molecular weight excluding hydrogens is 282 g/mol. The van der Waals surface area contributed by atoms with Gasteiger partial charge in [-0.2, -0.15) is 0 Å². The summed E-state index contributed by atoms with van der Waals surface area (Å²) in [5, 5.41) is 0.783. The van der Waals surface area contributed by atoms with Crippen LogP contribution in [0.2, 0.25) is 5.02 Å². The zero-order valence-electron chi connectivity index (χ0n) is 13.0. The van der Waals surface area contributed by atoms with E-state index in [1.807, 2.05) is 23.1 Å². The molecule has 0 saturated carbocycles. The van der Waals surface area contributed by atoms with Gasteiger partial charge in [0.1, 0.15) is 0 Å². The van der Waals surface area contributed by atoms with Gasteiger partial charge in [-0.25, -0.2) is 0 Å². The summed E-state index contributed by atoms with van der Waals surface area (Å²) in [6, 6.07) is 8.11. The number of likely N-dealkylation sites (tertiary alicyclic amines) is 1. The third-order valence-electron chi connectivity index (χ3n) is 4.33. The van der Waals surface area contributed by atoms with Gasteiger partial charge in [0.25, 0.3) is 0 Å². The van der Waals surface area contributed by atoms with E-state index in [1.165, 1.54) is 25.7 Å². The third kappa shape index (κ3) is 4.47. The zero-order valence-corrected chi connectivity index (χ0v) is 13.7. The van der Waals surface area contributed by atoms with Gasteiger partial charge in [-0.1, -0.05) is 62.4 Å². The smallest absolute Gasteiger partial charge is 0.223 e. The number of unbranched alkanes of at least 4 members (excludes halogenated alkanes) is 4. The lowest BCUT2D eigenvalue weighted by Crippen LogP contribution is -2.30. The van der Waals surface area contributed by atoms with E-state index < -0.39 is 0 Å². The summed E-state index contributed by atoms with van der Waals surface area (Å²) in [5.41, 5.74) is 1.11. The highest BCUT2D eigenvalue weighted by molar-refractivity contribution is 6.31. The van der Waals surface area contributed by atoms with E-state index in [-0.39, 0.29) is 6.04 Å². The second kappa shape index (κ2) is 8.43. The third-order valence-corrected chi connectivity index (χ3v) is 4.68. The second-order valence-electron chi connectivity index (χ2n) is 5.93. The van der Waals surface area contributed by atoms with Gasteiger partial charge in [-0.05, 0) is 30.9 Å². The second-order valence-corrected chi connectivity index (χ2v) is 6.34. The van der Waals surface area contributed by atoms with Crippen LogP contribution in [0.5, 0.6) is 0 Å². The van der Waals surface area contributed by atoms with Gasteiger partial charge in [-0.15, -0.1) is 0 Å². The molecule has 1 unspecified atom stereocenters. The molecule has 3 heteroatoms. The first kappa shape index (κ1) is 16.4. The van der Waals surface area contributed by atoms with Crippen molar-refractivity contribution in [1.82, 2.24) is 4.90 Å². The van der Waals surface area contributed by atoms with Crippen molar-refractivity contribution in [3.63, 3.8) is 0 Å².